The summed E-state index contributed by atoms with van der Waals surface area (Å²) in [5, 5.41) is 6.38. The smallest absolute Gasteiger partial charge is 0.223 e. The molecule has 0 aliphatic rings. The van der Waals surface area contributed by atoms with Crippen molar-refractivity contribution in [3.05, 3.63) is 28.0 Å². The molecule has 0 saturated heterocycles. The third-order valence-electron chi connectivity index (χ3n) is 2.34. The molecule has 0 aliphatic heterocycles. The first kappa shape index (κ1) is 12.6. The lowest BCUT2D eigenvalue weighted by atomic mass is 10.4. The van der Waals surface area contributed by atoms with E-state index >= 15 is 0 Å². The summed E-state index contributed by atoms with van der Waals surface area (Å²) in [5.74, 6) is 1.76. The van der Waals surface area contributed by atoms with Crippen molar-refractivity contribution >= 4 is 28.9 Å². The van der Waals surface area contributed by atoms with Crippen LogP contribution in [-0.4, -0.2) is 16.5 Å². The van der Waals surface area contributed by atoms with Crippen molar-refractivity contribution < 1.29 is 0 Å². The molecule has 0 aromatic carbocycles. The number of anilines is 3. The molecule has 0 atom stereocenters. The summed E-state index contributed by atoms with van der Waals surface area (Å²) in [7, 11) is 0. The molecule has 6 heteroatoms. The summed E-state index contributed by atoms with van der Waals surface area (Å²) < 4.78 is 0. The Labute approximate surface area is 110 Å². The molecular formula is C12H17N5S. The van der Waals surface area contributed by atoms with Crippen LogP contribution in [0.15, 0.2) is 18.2 Å². The van der Waals surface area contributed by atoms with Crippen LogP contribution in [0.1, 0.15) is 16.7 Å². The van der Waals surface area contributed by atoms with E-state index in [1.807, 2.05) is 13.0 Å². The van der Waals surface area contributed by atoms with Gasteiger partial charge in [-0.1, -0.05) is 0 Å². The molecule has 0 amide bonds. The minimum Gasteiger partial charge on any atom is -0.370 e. The van der Waals surface area contributed by atoms with E-state index in [4.69, 9.17) is 5.73 Å². The molecule has 96 valence electrons. The van der Waals surface area contributed by atoms with Gasteiger partial charge in [0.2, 0.25) is 5.95 Å². The van der Waals surface area contributed by atoms with Gasteiger partial charge in [-0.05, 0) is 26.0 Å². The molecule has 0 fully saturated rings. The standard InChI is InChI=1S/C12H17N5S/c1-3-14-10-6-11(17-12(13)16-10)15-7-9-5-4-8(2)18-9/h4-6H,3,7H2,1-2H3,(H4,13,14,15,16,17). The second-order valence-electron chi connectivity index (χ2n) is 3.89. The van der Waals surface area contributed by atoms with Crippen molar-refractivity contribution in [3.63, 3.8) is 0 Å². The van der Waals surface area contributed by atoms with Gasteiger partial charge in [0, 0.05) is 22.4 Å². The summed E-state index contributed by atoms with van der Waals surface area (Å²) in [6.45, 7) is 5.67. The molecule has 0 saturated carbocycles. The van der Waals surface area contributed by atoms with E-state index in [1.54, 1.807) is 11.3 Å². The van der Waals surface area contributed by atoms with Crippen molar-refractivity contribution in [1.82, 2.24) is 9.97 Å². The van der Waals surface area contributed by atoms with Gasteiger partial charge in [0.15, 0.2) is 0 Å². The van der Waals surface area contributed by atoms with E-state index < -0.39 is 0 Å². The van der Waals surface area contributed by atoms with Crippen molar-refractivity contribution in [2.75, 3.05) is 22.9 Å². The molecule has 0 bridgehead atoms. The highest BCUT2D eigenvalue weighted by molar-refractivity contribution is 7.11. The van der Waals surface area contributed by atoms with Gasteiger partial charge in [-0.3, -0.25) is 0 Å². The van der Waals surface area contributed by atoms with E-state index in [0.717, 1.165) is 24.7 Å². The van der Waals surface area contributed by atoms with Crippen molar-refractivity contribution in [3.8, 4) is 0 Å². The zero-order valence-electron chi connectivity index (χ0n) is 10.5. The average Bonchev–Trinajstić information content (AvgIpc) is 2.72. The maximum absolute atomic E-state index is 5.66. The van der Waals surface area contributed by atoms with Crippen LogP contribution < -0.4 is 16.4 Å². The van der Waals surface area contributed by atoms with Gasteiger partial charge >= 0.3 is 0 Å². The fourth-order valence-electron chi connectivity index (χ4n) is 1.59. The first-order valence-electron chi connectivity index (χ1n) is 5.85. The lowest BCUT2D eigenvalue weighted by molar-refractivity contribution is 1.09. The normalized spacial score (nSPS) is 10.3. The molecule has 5 nitrogen and oxygen atoms in total. The number of aromatic nitrogens is 2. The second-order valence-corrected chi connectivity index (χ2v) is 5.27. The fourth-order valence-corrected chi connectivity index (χ4v) is 2.42. The number of hydrogen-bond donors (Lipinski definition) is 3. The highest BCUT2D eigenvalue weighted by atomic mass is 32.1. The summed E-state index contributed by atoms with van der Waals surface area (Å²) >= 11 is 1.77. The van der Waals surface area contributed by atoms with Crippen LogP contribution in [-0.2, 0) is 6.54 Å². The molecule has 0 aliphatic carbocycles. The van der Waals surface area contributed by atoms with E-state index in [1.165, 1.54) is 9.75 Å². The Balaban J connectivity index is 2.04. The Morgan fingerprint density at radius 1 is 1.22 bits per heavy atom. The summed E-state index contributed by atoms with van der Waals surface area (Å²) in [5.41, 5.74) is 5.66. The van der Waals surface area contributed by atoms with Gasteiger partial charge in [0.25, 0.3) is 0 Å². The molecule has 0 radical (unpaired) electrons. The average molecular weight is 263 g/mol. The maximum atomic E-state index is 5.66. The van der Waals surface area contributed by atoms with Crippen molar-refractivity contribution in [2.45, 2.75) is 20.4 Å². The van der Waals surface area contributed by atoms with Crippen LogP contribution >= 0.6 is 11.3 Å². The van der Waals surface area contributed by atoms with Gasteiger partial charge in [-0.15, -0.1) is 11.3 Å². The molecule has 18 heavy (non-hydrogen) atoms. The Bertz CT molecular complexity index is 523. The van der Waals surface area contributed by atoms with Crippen LogP contribution in [0.4, 0.5) is 17.6 Å². The molecule has 2 aromatic rings. The summed E-state index contributed by atoms with van der Waals surface area (Å²) in [6, 6.07) is 6.09. The Morgan fingerprint density at radius 3 is 2.56 bits per heavy atom. The second kappa shape index (κ2) is 5.68. The molecule has 0 spiro atoms. The minimum absolute atomic E-state index is 0.276. The molecule has 4 N–H and O–H groups in total. The number of nitrogens with two attached hydrogens (primary N) is 1. The summed E-state index contributed by atoms with van der Waals surface area (Å²) in [4.78, 5) is 10.8. The number of nitrogens with zero attached hydrogens (tertiary/aromatic N) is 2. The van der Waals surface area contributed by atoms with E-state index in [9.17, 15) is 0 Å². The Hall–Kier alpha value is -1.82. The van der Waals surface area contributed by atoms with Crippen molar-refractivity contribution in [1.29, 1.82) is 0 Å². The molecular weight excluding hydrogens is 246 g/mol. The highest BCUT2D eigenvalue weighted by Gasteiger charge is 2.02. The number of hydrogen-bond acceptors (Lipinski definition) is 6. The van der Waals surface area contributed by atoms with E-state index in [0.29, 0.717) is 0 Å². The van der Waals surface area contributed by atoms with Crippen LogP contribution in [0, 0.1) is 6.92 Å². The first-order valence-corrected chi connectivity index (χ1v) is 6.66. The highest BCUT2D eigenvalue weighted by Crippen LogP contribution is 2.18. The maximum Gasteiger partial charge on any atom is 0.223 e. The minimum atomic E-state index is 0.276. The third-order valence-corrected chi connectivity index (χ3v) is 3.34. The quantitative estimate of drug-likeness (QED) is 0.772. The molecule has 2 rings (SSSR count). The number of thiophene rings is 1. The van der Waals surface area contributed by atoms with Crippen LogP contribution in [0.2, 0.25) is 0 Å². The van der Waals surface area contributed by atoms with Gasteiger partial charge in [0.05, 0.1) is 6.54 Å². The molecule has 0 unspecified atom stereocenters. The zero-order valence-corrected chi connectivity index (χ0v) is 11.3. The number of aryl methyl sites for hydroxylation is 1. The largest absolute Gasteiger partial charge is 0.370 e. The monoisotopic (exact) mass is 263 g/mol. The van der Waals surface area contributed by atoms with Crippen LogP contribution in [0.3, 0.4) is 0 Å². The number of rotatable bonds is 5. The third kappa shape index (κ3) is 3.33. The Kier molecular flexibility index (Phi) is 3.99. The van der Waals surface area contributed by atoms with Crippen LogP contribution in [0.5, 0.6) is 0 Å². The molecule has 2 heterocycles. The Morgan fingerprint density at radius 2 is 1.94 bits per heavy atom. The first-order chi connectivity index (χ1) is 8.67. The zero-order chi connectivity index (χ0) is 13.0. The molecule has 2 aromatic heterocycles. The lowest BCUT2D eigenvalue weighted by Crippen LogP contribution is -2.07. The number of nitrogens with one attached hydrogen (secondary N) is 2. The SMILES string of the molecule is CCNc1cc(NCc2ccc(C)s2)nc(N)n1. The van der Waals surface area contributed by atoms with Gasteiger partial charge in [-0.2, -0.15) is 9.97 Å². The topological polar surface area (TPSA) is 75.9 Å². The van der Waals surface area contributed by atoms with Crippen LogP contribution in [0.25, 0.3) is 0 Å². The predicted octanol–water partition coefficient (Wildman–Crippen LogP) is 2.47. The summed E-state index contributed by atoms with van der Waals surface area (Å²) in [6.07, 6.45) is 0. The number of nitrogen functional groups attached to an aromatic ring is 1. The van der Waals surface area contributed by atoms with Gasteiger partial charge in [-0.25, -0.2) is 0 Å². The lowest BCUT2D eigenvalue weighted by Gasteiger charge is -2.08. The van der Waals surface area contributed by atoms with Gasteiger partial charge < -0.3 is 16.4 Å². The van der Waals surface area contributed by atoms with E-state index in [-0.39, 0.29) is 5.95 Å². The van der Waals surface area contributed by atoms with E-state index in [2.05, 4.69) is 39.7 Å². The van der Waals surface area contributed by atoms with Crippen molar-refractivity contribution in [2.24, 2.45) is 0 Å². The fraction of sp³-hybridized carbons (Fsp3) is 0.333. The predicted molar refractivity (Wildman–Crippen MR) is 77.0 cm³/mol. The van der Waals surface area contributed by atoms with Gasteiger partial charge in [0.1, 0.15) is 11.6 Å².